The van der Waals surface area contributed by atoms with Crippen molar-refractivity contribution in [2.45, 2.75) is 49.7 Å². The molecule has 0 radical (unpaired) electrons. The Morgan fingerprint density at radius 2 is 2.26 bits per heavy atom. The summed E-state index contributed by atoms with van der Waals surface area (Å²) in [5.41, 5.74) is 1.53. The van der Waals surface area contributed by atoms with E-state index in [2.05, 4.69) is 33.0 Å². The summed E-state index contributed by atoms with van der Waals surface area (Å²) in [5, 5.41) is 3.59. The normalized spacial score (nSPS) is 25.3. The number of nitrogens with one attached hydrogen (secondary N) is 1. The highest BCUT2D eigenvalue weighted by Crippen LogP contribution is 2.42. The summed E-state index contributed by atoms with van der Waals surface area (Å²) >= 11 is 2.22. The van der Waals surface area contributed by atoms with Gasteiger partial charge in [0, 0.05) is 37.2 Å². The quantitative estimate of drug-likeness (QED) is 0.488. The summed E-state index contributed by atoms with van der Waals surface area (Å²) in [5.74, 6) is 2.34. The number of hydrogen-bond acceptors (Lipinski definition) is 3. The first-order valence-corrected chi connectivity index (χ1v) is 10.2. The zero-order valence-electron chi connectivity index (χ0n) is 14.5. The zero-order chi connectivity index (χ0) is 16.0. The van der Waals surface area contributed by atoms with E-state index in [4.69, 9.17) is 4.74 Å². The van der Waals surface area contributed by atoms with Crippen LogP contribution in [0.25, 0.3) is 0 Å². The second kappa shape index (κ2) is 8.43. The first kappa shape index (κ1) is 17.2. The van der Waals surface area contributed by atoms with E-state index in [1.165, 1.54) is 50.0 Å². The zero-order valence-corrected chi connectivity index (χ0v) is 15.3. The number of nitrogens with zero attached hydrogens (tertiary/aromatic N) is 2. The highest BCUT2D eigenvalue weighted by Gasteiger charge is 2.38. The highest BCUT2D eigenvalue weighted by atomic mass is 32.2. The largest absolute Gasteiger partial charge is 0.377 e. The Morgan fingerprint density at radius 3 is 3.00 bits per heavy atom. The lowest BCUT2D eigenvalue weighted by Gasteiger charge is -2.45. The third-order valence-corrected chi connectivity index (χ3v) is 6.85. The molecule has 2 aliphatic heterocycles. The Morgan fingerprint density at radius 1 is 1.39 bits per heavy atom. The van der Waals surface area contributed by atoms with Crippen molar-refractivity contribution in [1.82, 2.24) is 10.2 Å². The monoisotopic (exact) mass is 337 g/mol. The Kier molecular flexibility index (Phi) is 6.29. The molecular weight excluding hydrogens is 306 g/mol. The van der Waals surface area contributed by atoms with Gasteiger partial charge in [-0.25, -0.2) is 0 Å². The first-order chi connectivity index (χ1) is 11.3. The number of ether oxygens (including phenoxy) is 1. The minimum Gasteiger partial charge on any atom is -0.377 e. The predicted molar refractivity (Wildman–Crippen MR) is 99.3 cm³/mol. The molecule has 0 amide bonds. The second-order valence-electron chi connectivity index (χ2n) is 6.92. The van der Waals surface area contributed by atoms with Gasteiger partial charge in [-0.15, -0.1) is 0 Å². The van der Waals surface area contributed by atoms with Crippen LogP contribution in [0.3, 0.4) is 0 Å². The van der Waals surface area contributed by atoms with Crippen molar-refractivity contribution in [1.29, 1.82) is 0 Å². The lowest BCUT2D eigenvalue weighted by atomic mass is 9.87. The highest BCUT2D eigenvalue weighted by molar-refractivity contribution is 8.00. The van der Waals surface area contributed by atoms with Gasteiger partial charge in [-0.1, -0.05) is 30.9 Å². The molecule has 5 heteroatoms. The van der Waals surface area contributed by atoms with E-state index in [0.717, 1.165) is 45.1 Å². The molecule has 1 aliphatic carbocycles. The van der Waals surface area contributed by atoms with E-state index in [-0.39, 0.29) is 0 Å². The molecule has 3 rings (SSSR count). The molecule has 0 unspecified atom stereocenters. The van der Waals surface area contributed by atoms with E-state index >= 15 is 0 Å². The maximum Gasteiger partial charge on any atom is 0.193 e. The molecular formula is C18H31N3OS. The molecule has 23 heavy (non-hydrogen) atoms. The van der Waals surface area contributed by atoms with Crippen LogP contribution >= 0.6 is 11.8 Å². The Labute approximate surface area is 145 Å². The SMILES string of the molecule is CN=C(NCCC1=CCOCC1)N1CCSC2(CCCCC2)C1. The second-order valence-corrected chi connectivity index (χ2v) is 8.49. The van der Waals surface area contributed by atoms with Crippen molar-refractivity contribution in [3.05, 3.63) is 11.6 Å². The molecule has 2 fully saturated rings. The van der Waals surface area contributed by atoms with Crippen molar-refractivity contribution in [2.24, 2.45) is 4.99 Å². The third-order valence-electron chi connectivity index (χ3n) is 5.31. The molecule has 1 saturated carbocycles. The summed E-state index contributed by atoms with van der Waals surface area (Å²) in [4.78, 5) is 7.05. The fourth-order valence-corrected chi connectivity index (χ4v) is 5.55. The van der Waals surface area contributed by atoms with Crippen molar-refractivity contribution in [3.63, 3.8) is 0 Å². The van der Waals surface area contributed by atoms with Crippen LogP contribution in [-0.2, 0) is 4.74 Å². The average molecular weight is 338 g/mol. The van der Waals surface area contributed by atoms with Gasteiger partial charge in [0.15, 0.2) is 5.96 Å². The summed E-state index contributed by atoms with van der Waals surface area (Å²) in [6, 6.07) is 0. The van der Waals surface area contributed by atoms with E-state index < -0.39 is 0 Å². The van der Waals surface area contributed by atoms with Crippen LogP contribution in [0.1, 0.15) is 44.9 Å². The van der Waals surface area contributed by atoms with E-state index in [0.29, 0.717) is 4.75 Å². The molecule has 4 nitrogen and oxygen atoms in total. The standard InChI is InChI=1S/C18H31N3OS/c1-19-17(20-10-5-16-6-12-22-13-7-16)21-11-14-23-18(15-21)8-3-2-4-9-18/h6H,2-5,7-15H2,1H3,(H,19,20). The topological polar surface area (TPSA) is 36.9 Å². The minimum atomic E-state index is 0.497. The van der Waals surface area contributed by atoms with Crippen molar-refractivity contribution >= 4 is 17.7 Å². The molecule has 2 heterocycles. The van der Waals surface area contributed by atoms with Crippen molar-refractivity contribution < 1.29 is 4.74 Å². The Bertz CT molecular complexity index is 438. The summed E-state index contributed by atoms with van der Waals surface area (Å²) in [7, 11) is 1.92. The van der Waals surface area contributed by atoms with E-state index in [1.54, 1.807) is 0 Å². The summed E-state index contributed by atoms with van der Waals surface area (Å²) in [6.07, 6.45) is 11.4. The molecule has 130 valence electrons. The third kappa shape index (κ3) is 4.66. The van der Waals surface area contributed by atoms with Crippen LogP contribution in [0.5, 0.6) is 0 Å². The van der Waals surface area contributed by atoms with E-state index in [9.17, 15) is 0 Å². The molecule has 1 spiro atoms. The van der Waals surface area contributed by atoms with Gasteiger partial charge in [0.1, 0.15) is 0 Å². The average Bonchev–Trinajstić information content (AvgIpc) is 2.60. The van der Waals surface area contributed by atoms with Crippen molar-refractivity contribution in [2.75, 3.05) is 45.6 Å². The number of rotatable bonds is 3. The molecule has 0 bridgehead atoms. The van der Waals surface area contributed by atoms with Crippen LogP contribution in [0.15, 0.2) is 16.6 Å². The van der Waals surface area contributed by atoms with Gasteiger partial charge < -0.3 is 15.0 Å². The predicted octanol–water partition coefficient (Wildman–Crippen LogP) is 3.05. The maximum atomic E-state index is 5.38. The molecule has 0 aromatic carbocycles. The van der Waals surface area contributed by atoms with Gasteiger partial charge in [-0.2, -0.15) is 11.8 Å². The molecule has 1 saturated heterocycles. The van der Waals surface area contributed by atoms with Gasteiger partial charge in [0.05, 0.1) is 13.2 Å². The fourth-order valence-electron chi connectivity index (χ4n) is 3.98. The van der Waals surface area contributed by atoms with Gasteiger partial charge in [0.25, 0.3) is 0 Å². The van der Waals surface area contributed by atoms with Crippen LogP contribution in [0.2, 0.25) is 0 Å². The molecule has 0 aromatic heterocycles. The molecule has 3 aliphatic rings. The molecule has 0 atom stereocenters. The molecule has 0 aromatic rings. The van der Waals surface area contributed by atoms with Crippen molar-refractivity contribution in [3.8, 4) is 0 Å². The van der Waals surface area contributed by atoms with Crippen LogP contribution in [0, 0.1) is 0 Å². The molecule has 1 N–H and O–H groups in total. The smallest absolute Gasteiger partial charge is 0.193 e. The van der Waals surface area contributed by atoms with Gasteiger partial charge in [-0.3, -0.25) is 4.99 Å². The minimum absolute atomic E-state index is 0.497. The Balaban J connectivity index is 1.50. The van der Waals surface area contributed by atoms with Gasteiger partial charge in [0.2, 0.25) is 0 Å². The lowest BCUT2D eigenvalue weighted by Crippen LogP contribution is -2.53. The number of thioether (sulfide) groups is 1. The van der Waals surface area contributed by atoms with E-state index in [1.807, 2.05) is 7.05 Å². The number of aliphatic imine (C=N–C) groups is 1. The maximum absolute atomic E-state index is 5.38. The first-order valence-electron chi connectivity index (χ1n) is 9.17. The summed E-state index contributed by atoms with van der Waals surface area (Å²) < 4.78 is 5.87. The number of hydrogen-bond donors (Lipinski definition) is 1. The van der Waals surface area contributed by atoms with Crippen LogP contribution < -0.4 is 5.32 Å². The lowest BCUT2D eigenvalue weighted by molar-refractivity contribution is 0.153. The van der Waals surface area contributed by atoms with Gasteiger partial charge in [-0.05, 0) is 25.7 Å². The fraction of sp³-hybridized carbons (Fsp3) is 0.833. The van der Waals surface area contributed by atoms with Crippen LogP contribution in [-0.4, -0.2) is 61.3 Å². The van der Waals surface area contributed by atoms with Gasteiger partial charge >= 0.3 is 0 Å². The summed E-state index contributed by atoms with van der Waals surface area (Å²) in [6.45, 7) is 4.95. The Hall–Kier alpha value is -0.680. The number of guanidine groups is 1. The van der Waals surface area contributed by atoms with Crippen LogP contribution in [0.4, 0.5) is 0 Å².